The molecule has 0 saturated heterocycles. The molecule has 1 aromatic heterocycles. The molecule has 2 rings (SSSR count). The van der Waals surface area contributed by atoms with Gasteiger partial charge in [-0.3, -0.25) is 10.8 Å². The summed E-state index contributed by atoms with van der Waals surface area (Å²) in [5.74, 6) is 5.46. The van der Waals surface area contributed by atoms with E-state index in [1.165, 1.54) is 0 Å². The molecule has 0 bridgehead atoms. The van der Waals surface area contributed by atoms with Gasteiger partial charge in [-0.15, -0.1) is 6.58 Å². The molecule has 0 aliphatic rings. The third-order valence-electron chi connectivity index (χ3n) is 2.43. The fourth-order valence-electron chi connectivity index (χ4n) is 1.67. The molecule has 3 nitrogen and oxygen atoms in total. The molecular weight excluding hydrogens is 186 g/mol. The second-order valence-electron chi connectivity index (χ2n) is 3.30. The van der Waals surface area contributed by atoms with Gasteiger partial charge in [0.1, 0.15) is 0 Å². The van der Waals surface area contributed by atoms with Gasteiger partial charge >= 0.3 is 0 Å². The summed E-state index contributed by atoms with van der Waals surface area (Å²) in [5, 5.41) is 1.10. The van der Waals surface area contributed by atoms with Crippen molar-refractivity contribution in [3.63, 3.8) is 0 Å². The van der Waals surface area contributed by atoms with Crippen LogP contribution in [0.4, 0.5) is 0 Å². The molecule has 3 N–H and O–H groups in total. The Balaban J connectivity index is 2.64. The van der Waals surface area contributed by atoms with E-state index >= 15 is 0 Å². The Morgan fingerprint density at radius 2 is 2.13 bits per heavy atom. The number of hydrogen-bond donors (Lipinski definition) is 2. The zero-order valence-electron chi connectivity index (χ0n) is 8.35. The standard InChI is InChI=1S/C12H13N3/c1-2-11(15-13)10-7-8-14-12-6-4-3-5-9(10)12/h2-8,11,15H,1,13H2. The summed E-state index contributed by atoms with van der Waals surface area (Å²) < 4.78 is 0. The number of aromatic nitrogens is 1. The maximum absolute atomic E-state index is 5.46. The van der Waals surface area contributed by atoms with E-state index in [4.69, 9.17) is 5.84 Å². The molecule has 2 aromatic rings. The number of hydrogen-bond acceptors (Lipinski definition) is 3. The van der Waals surface area contributed by atoms with Crippen molar-refractivity contribution >= 4 is 10.9 Å². The van der Waals surface area contributed by atoms with Gasteiger partial charge in [0.2, 0.25) is 0 Å². The quantitative estimate of drug-likeness (QED) is 0.451. The van der Waals surface area contributed by atoms with Gasteiger partial charge in [0.05, 0.1) is 11.6 Å². The summed E-state index contributed by atoms with van der Waals surface area (Å²) in [6, 6.07) is 9.88. The first-order chi connectivity index (χ1) is 7.36. The van der Waals surface area contributed by atoms with E-state index in [9.17, 15) is 0 Å². The minimum atomic E-state index is -0.0436. The van der Waals surface area contributed by atoms with Crippen LogP contribution in [0.15, 0.2) is 49.2 Å². The first kappa shape index (κ1) is 9.83. The van der Waals surface area contributed by atoms with Crippen LogP contribution in [0.1, 0.15) is 11.6 Å². The summed E-state index contributed by atoms with van der Waals surface area (Å²) in [5.41, 5.74) is 4.78. The van der Waals surface area contributed by atoms with Crippen molar-refractivity contribution in [1.29, 1.82) is 0 Å². The van der Waals surface area contributed by atoms with Crippen LogP contribution in [0.2, 0.25) is 0 Å². The van der Waals surface area contributed by atoms with Gasteiger partial charge in [-0.2, -0.15) is 0 Å². The third-order valence-corrected chi connectivity index (χ3v) is 2.43. The Kier molecular flexibility index (Phi) is 2.76. The van der Waals surface area contributed by atoms with E-state index < -0.39 is 0 Å². The normalized spacial score (nSPS) is 12.6. The van der Waals surface area contributed by atoms with Crippen molar-refractivity contribution in [2.75, 3.05) is 0 Å². The topological polar surface area (TPSA) is 50.9 Å². The highest BCUT2D eigenvalue weighted by atomic mass is 15.2. The molecule has 1 aromatic carbocycles. The van der Waals surface area contributed by atoms with Crippen molar-refractivity contribution in [1.82, 2.24) is 10.4 Å². The van der Waals surface area contributed by atoms with Gasteiger partial charge in [0, 0.05) is 11.6 Å². The van der Waals surface area contributed by atoms with Gasteiger partial charge in [-0.05, 0) is 17.7 Å². The fourth-order valence-corrected chi connectivity index (χ4v) is 1.67. The van der Waals surface area contributed by atoms with Crippen LogP contribution in [0.25, 0.3) is 10.9 Å². The van der Waals surface area contributed by atoms with Crippen LogP contribution in [-0.4, -0.2) is 4.98 Å². The van der Waals surface area contributed by atoms with E-state index in [0.29, 0.717) is 0 Å². The van der Waals surface area contributed by atoms with Crippen LogP contribution < -0.4 is 11.3 Å². The summed E-state index contributed by atoms with van der Waals surface area (Å²) in [4.78, 5) is 4.29. The maximum Gasteiger partial charge on any atom is 0.0705 e. The molecule has 76 valence electrons. The SMILES string of the molecule is C=CC(NN)c1ccnc2ccccc12. The number of pyridine rings is 1. The lowest BCUT2D eigenvalue weighted by Crippen LogP contribution is -2.26. The van der Waals surface area contributed by atoms with Gasteiger partial charge < -0.3 is 0 Å². The van der Waals surface area contributed by atoms with Crippen molar-refractivity contribution in [3.8, 4) is 0 Å². The van der Waals surface area contributed by atoms with Crippen molar-refractivity contribution in [2.24, 2.45) is 5.84 Å². The van der Waals surface area contributed by atoms with Crippen LogP contribution >= 0.6 is 0 Å². The van der Waals surface area contributed by atoms with Gasteiger partial charge in [0.15, 0.2) is 0 Å². The summed E-state index contributed by atoms with van der Waals surface area (Å²) in [6.07, 6.45) is 3.56. The lowest BCUT2D eigenvalue weighted by atomic mass is 10.0. The smallest absolute Gasteiger partial charge is 0.0705 e. The molecule has 0 radical (unpaired) electrons. The predicted molar refractivity (Wildman–Crippen MR) is 62.0 cm³/mol. The molecule has 0 aliphatic heterocycles. The number of para-hydroxylation sites is 1. The Morgan fingerprint density at radius 1 is 1.33 bits per heavy atom. The first-order valence-electron chi connectivity index (χ1n) is 4.79. The van der Waals surface area contributed by atoms with Crippen LogP contribution in [0.3, 0.4) is 0 Å². The van der Waals surface area contributed by atoms with Gasteiger partial charge in [0.25, 0.3) is 0 Å². The van der Waals surface area contributed by atoms with E-state index in [0.717, 1.165) is 16.5 Å². The lowest BCUT2D eigenvalue weighted by Gasteiger charge is -2.13. The molecule has 0 saturated carbocycles. The number of fused-ring (bicyclic) bond motifs is 1. The van der Waals surface area contributed by atoms with Crippen molar-refractivity contribution < 1.29 is 0 Å². The molecule has 0 fully saturated rings. The summed E-state index contributed by atoms with van der Waals surface area (Å²) >= 11 is 0. The van der Waals surface area contributed by atoms with Crippen LogP contribution in [0.5, 0.6) is 0 Å². The number of hydrazine groups is 1. The lowest BCUT2D eigenvalue weighted by molar-refractivity contribution is 0.660. The second-order valence-corrected chi connectivity index (χ2v) is 3.30. The average Bonchev–Trinajstić information content (AvgIpc) is 2.31. The molecule has 1 atom stereocenters. The van der Waals surface area contributed by atoms with E-state index in [1.54, 1.807) is 12.3 Å². The molecular formula is C12H13N3. The molecule has 3 heteroatoms. The zero-order valence-corrected chi connectivity index (χ0v) is 8.35. The highest BCUT2D eigenvalue weighted by molar-refractivity contribution is 5.82. The second kappa shape index (κ2) is 4.21. The minimum absolute atomic E-state index is 0.0436. The maximum atomic E-state index is 5.46. The summed E-state index contributed by atoms with van der Waals surface area (Å²) in [7, 11) is 0. The first-order valence-corrected chi connectivity index (χ1v) is 4.79. The third kappa shape index (κ3) is 1.75. The fraction of sp³-hybridized carbons (Fsp3) is 0.0833. The highest BCUT2D eigenvalue weighted by Gasteiger charge is 2.08. The van der Waals surface area contributed by atoms with Gasteiger partial charge in [-0.1, -0.05) is 24.3 Å². The Bertz CT molecular complexity index is 474. The van der Waals surface area contributed by atoms with Crippen LogP contribution in [0, 0.1) is 0 Å². The van der Waals surface area contributed by atoms with E-state index in [-0.39, 0.29) is 6.04 Å². The zero-order chi connectivity index (χ0) is 10.7. The van der Waals surface area contributed by atoms with E-state index in [1.807, 2.05) is 30.3 Å². The van der Waals surface area contributed by atoms with Gasteiger partial charge in [-0.25, -0.2) is 5.43 Å². The summed E-state index contributed by atoms with van der Waals surface area (Å²) in [6.45, 7) is 3.75. The number of nitrogens with zero attached hydrogens (tertiary/aromatic N) is 1. The minimum Gasteiger partial charge on any atom is -0.271 e. The molecule has 0 aliphatic carbocycles. The largest absolute Gasteiger partial charge is 0.271 e. The molecule has 1 unspecified atom stereocenters. The van der Waals surface area contributed by atoms with Crippen molar-refractivity contribution in [3.05, 3.63) is 54.7 Å². The Labute approximate surface area is 88.6 Å². The molecule has 0 spiro atoms. The number of rotatable bonds is 3. The average molecular weight is 199 g/mol. The number of nitrogens with one attached hydrogen (secondary N) is 1. The number of benzene rings is 1. The van der Waals surface area contributed by atoms with Crippen LogP contribution in [-0.2, 0) is 0 Å². The predicted octanol–water partition coefficient (Wildman–Crippen LogP) is 1.93. The number of nitrogens with two attached hydrogens (primary N) is 1. The Morgan fingerprint density at radius 3 is 2.87 bits per heavy atom. The van der Waals surface area contributed by atoms with Crippen molar-refractivity contribution in [2.45, 2.75) is 6.04 Å². The monoisotopic (exact) mass is 199 g/mol. The van der Waals surface area contributed by atoms with E-state index in [2.05, 4.69) is 17.0 Å². The molecule has 0 amide bonds. The molecule has 15 heavy (non-hydrogen) atoms. The Hall–Kier alpha value is -1.71. The highest BCUT2D eigenvalue weighted by Crippen LogP contribution is 2.22. The molecule has 1 heterocycles.